The molecule has 0 atom stereocenters. The molecule has 4 rings (SSSR count). The minimum atomic E-state index is -0.119. The van der Waals surface area contributed by atoms with Gasteiger partial charge in [-0.05, 0) is 60.6 Å². The van der Waals surface area contributed by atoms with Crippen LogP contribution in [0.5, 0.6) is 0 Å². The monoisotopic (exact) mass is 418 g/mol. The molecule has 4 aromatic rings. The Labute approximate surface area is 177 Å². The molecule has 30 heavy (non-hydrogen) atoms. The fourth-order valence-corrected chi connectivity index (χ4v) is 3.50. The Morgan fingerprint density at radius 1 is 1.13 bits per heavy atom. The van der Waals surface area contributed by atoms with Gasteiger partial charge in [-0.2, -0.15) is 4.98 Å². The summed E-state index contributed by atoms with van der Waals surface area (Å²) in [4.78, 5) is 30.1. The predicted octanol–water partition coefficient (Wildman–Crippen LogP) is 3.95. The van der Waals surface area contributed by atoms with E-state index < -0.39 is 0 Å². The Hall–Kier alpha value is -3.59. The molecule has 3 aromatic heterocycles. The summed E-state index contributed by atoms with van der Waals surface area (Å²) in [5.74, 6) is 0.756. The van der Waals surface area contributed by atoms with Crippen molar-refractivity contribution in [3.8, 4) is 11.4 Å². The number of hydrogen-bond donors (Lipinski definition) is 1. The summed E-state index contributed by atoms with van der Waals surface area (Å²) in [6.07, 6.45) is 7.35. The number of hydrogen-bond acceptors (Lipinski definition) is 8. The van der Waals surface area contributed by atoms with E-state index >= 15 is 0 Å². The largest absolute Gasteiger partial charge is 0.339 e. The number of nitrogens with one attached hydrogen (secondary N) is 1. The third-order valence-electron chi connectivity index (χ3n) is 4.18. The Balaban J connectivity index is 1.32. The summed E-state index contributed by atoms with van der Waals surface area (Å²) in [5.41, 5.74) is 2.49. The number of rotatable bonds is 7. The second-order valence-corrected chi connectivity index (χ2v) is 7.45. The lowest BCUT2D eigenvalue weighted by molar-refractivity contribution is -0.116. The third kappa shape index (κ3) is 5.06. The van der Waals surface area contributed by atoms with Gasteiger partial charge >= 0.3 is 0 Å². The van der Waals surface area contributed by atoms with Gasteiger partial charge in [0.1, 0.15) is 0 Å². The lowest BCUT2D eigenvalue weighted by Gasteiger charge is -2.09. The molecular formula is C21H18N6O2S. The van der Waals surface area contributed by atoms with Crippen LogP contribution in [0.2, 0.25) is 0 Å². The molecule has 0 unspecified atom stereocenters. The Morgan fingerprint density at radius 3 is 2.77 bits per heavy atom. The molecule has 1 aromatic carbocycles. The summed E-state index contributed by atoms with van der Waals surface area (Å²) in [6, 6.07) is 11.2. The number of aryl methyl sites for hydroxylation is 2. The average molecular weight is 418 g/mol. The molecule has 3 heterocycles. The molecule has 0 aliphatic heterocycles. The predicted molar refractivity (Wildman–Crippen MR) is 112 cm³/mol. The molecule has 0 bridgehead atoms. The second-order valence-electron chi connectivity index (χ2n) is 6.41. The highest BCUT2D eigenvalue weighted by Crippen LogP contribution is 2.28. The molecule has 0 radical (unpaired) electrons. The zero-order chi connectivity index (χ0) is 20.8. The zero-order valence-electron chi connectivity index (χ0n) is 16.1. The van der Waals surface area contributed by atoms with Gasteiger partial charge in [0.15, 0.2) is 5.16 Å². The highest BCUT2D eigenvalue weighted by molar-refractivity contribution is 7.99. The van der Waals surface area contributed by atoms with Gasteiger partial charge in [-0.1, -0.05) is 5.16 Å². The number of benzene rings is 1. The Morgan fingerprint density at radius 2 is 2.00 bits per heavy atom. The molecule has 8 nitrogen and oxygen atoms in total. The average Bonchev–Trinajstić information content (AvgIpc) is 3.25. The van der Waals surface area contributed by atoms with Crippen molar-refractivity contribution in [3.63, 3.8) is 0 Å². The maximum Gasteiger partial charge on any atom is 0.227 e. The number of carbonyl (C=O) groups excluding carboxylic acids is 1. The van der Waals surface area contributed by atoms with Crippen LogP contribution in [0.25, 0.3) is 11.4 Å². The van der Waals surface area contributed by atoms with E-state index in [0.29, 0.717) is 23.3 Å². The summed E-state index contributed by atoms with van der Waals surface area (Å²) < 4.78 is 5.23. The highest BCUT2D eigenvalue weighted by Gasteiger charge is 2.12. The lowest BCUT2D eigenvalue weighted by atomic mass is 10.2. The maximum atomic E-state index is 12.4. The standard InChI is InChI=1S/C21H18N6O2S/c1-14-12-16(30-21-23-10-3-11-24-21)5-6-17(14)25-18(28)7-8-19-26-20(27-29-19)15-4-2-9-22-13-15/h2-6,9-13H,7-8H2,1H3,(H,25,28). The lowest BCUT2D eigenvalue weighted by Crippen LogP contribution is -2.13. The van der Waals surface area contributed by atoms with E-state index in [4.69, 9.17) is 4.52 Å². The van der Waals surface area contributed by atoms with Crippen molar-refractivity contribution in [2.45, 2.75) is 29.8 Å². The van der Waals surface area contributed by atoms with E-state index in [1.54, 1.807) is 36.9 Å². The minimum absolute atomic E-state index is 0.119. The van der Waals surface area contributed by atoms with Gasteiger partial charge < -0.3 is 9.84 Å². The van der Waals surface area contributed by atoms with Crippen LogP contribution >= 0.6 is 11.8 Å². The van der Waals surface area contributed by atoms with Crippen LogP contribution in [-0.4, -0.2) is 31.0 Å². The van der Waals surface area contributed by atoms with Gasteiger partial charge in [-0.15, -0.1) is 0 Å². The molecule has 0 spiro atoms. The van der Waals surface area contributed by atoms with E-state index in [1.807, 2.05) is 31.2 Å². The summed E-state index contributed by atoms with van der Waals surface area (Å²) in [5, 5.41) is 7.55. The first kappa shape index (κ1) is 19.7. The Bertz CT molecular complexity index is 1130. The first-order valence-electron chi connectivity index (χ1n) is 9.26. The maximum absolute atomic E-state index is 12.4. The summed E-state index contributed by atoms with van der Waals surface area (Å²) in [7, 11) is 0. The zero-order valence-corrected chi connectivity index (χ0v) is 17.0. The minimum Gasteiger partial charge on any atom is -0.339 e. The van der Waals surface area contributed by atoms with E-state index in [2.05, 4.69) is 30.4 Å². The number of carbonyl (C=O) groups is 1. The van der Waals surface area contributed by atoms with Gasteiger partial charge in [-0.25, -0.2) is 9.97 Å². The fourth-order valence-electron chi connectivity index (χ4n) is 2.69. The first-order valence-corrected chi connectivity index (χ1v) is 10.1. The molecule has 0 saturated carbocycles. The van der Waals surface area contributed by atoms with Gasteiger partial charge in [-0.3, -0.25) is 9.78 Å². The SMILES string of the molecule is Cc1cc(Sc2ncccn2)ccc1NC(=O)CCc1nc(-c2cccnc2)no1. The molecule has 150 valence electrons. The van der Waals surface area contributed by atoms with E-state index in [9.17, 15) is 4.79 Å². The van der Waals surface area contributed by atoms with E-state index in [-0.39, 0.29) is 12.3 Å². The smallest absolute Gasteiger partial charge is 0.227 e. The molecule has 0 aliphatic carbocycles. The molecule has 0 saturated heterocycles. The number of pyridine rings is 1. The van der Waals surface area contributed by atoms with Crippen molar-refractivity contribution < 1.29 is 9.32 Å². The van der Waals surface area contributed by atoms with Crippen LogP contribution in [-0.2, 0) is 11.2 Å². The van der Waals surface area contributed by atoms with Crippen LogP contribution in [0.1, 0.15) is 17.9 Å². The second kappa shape index (κ2) is 9.27. The van der Waals surface area contributed by atoms with Crippen molar-refractivity contribution in [1.29, 1.82) is 0 Å². The van der Waals surface area contributed by atoms with Crippen LogP contribution in [0.4, 0.5) is 5.69 Å². The molecule has 1 N–H and O–H groups in total. The molecule has 1 amide bonds. The molecule has 0 aliphatic rings. The summed E-state index contributed by atoms with van der Waals surface area (Å²) >= 11 is 1.47. The first-order chi connectivity index (χ1) is 14.7. The van der Waals surface area contributed by atoms with Gasteiger partial charge in [0.25, 0.3) is 0 Å². The third-order valence-corrected chi connectivity index (χ3v) is 5.06. The van der Waals surface area contributed by atoms with Crippen molar-refractivity contribution in [2.75, 3.05) is 5.32 Å². The normalized spacial score (nSPS) is 10.7. The number of aromatic nitrogens is 5. The summed E-state index contributed by atoms with van der Waals surface area (Å²) in [6.45, 7) is 1.95. The van der Waals surface area contributed by atoms with Gasteiger partial charge in [0.2, 0.25) is 17.6 Å². The van der Waals surface area contributed by atoms with Crippen molar-refractivity contribution in [2.24, 2.45) is 0 Å². The highest BCUT2D eigenvalue weighted by atomic mass is 32.2. The van der Waals surface area contributed by atoms with Crippen molar-refractivity contribution >= 4 is 23.4 Å². The van der Waals surface area contributed by atoms with Crippen molar-refractivity contribution in [1.82, 2.24) is 25.1 Å². The topological polar surface area (TPSA) is 107 Å². The van der Waals surface area contributed by atoms with E-state index in [0.717, 1.165) is 21.7 Å². The molecule has 9 heteroatoms. The Kier molecular flexibility index (Phi) is 6.09. The number of nitrogens with zero attached hydrogens (tertiary/aromatic N) is 5. The van der Waals surface area contributed by atoms with Crippen LogP contribution in [0.3, 0.4) is 0 Å². The van der Waals surface area contributed by atoms with Crippen molar-refractivity contribution in [3.05, 3.63) is 72.6 Å². The molecule has 0 fully saturated rings. The fraction of sp³-hybridized carbons (Fsp3) is 0.143. The molecular weight excluding hydrogens is 400 g/mol. The number of amides is 1. The van der Waals surface area contributed by atoms with Crippen LogP contribution in [0, 0.1) is 6.92 Å². The van der Waals surface area contributed by atoms with Crippen LogP contribution in [0.15, 0.2) is 75.8 Å². The van der Waals surface area contributed by atoms with Gasteiger partial charge in [0.05, 0.1) is 0 Å². The number of anilines is 1. The van der Waals surface area contributed by atoms with Gasteiger partial charge in [0, 0.05) is 53.8 Å². The van der Waals surface area contributed by atoms with Crippen LogP contribution < -0.4 is 5.32 Å². The van der Waals surface area contributed by atoms with E-state index in [1.165, 1.54) is 11.8 Å². The quantitative estimate of drug-likeness (QED) is 0.450.